The van der Waals surface area contributed by atoms with Gasteiger partial charge in [0.1, 0.15) is 0 Å². The van der Waals surface area contributed by atoms with Crippen LogP contribution in [0.3, 0.4) is 0 Å². The largest absolute Gasteiger partial charge is 0.481 e. The van der Waals surface area contributed by atoms with E-state index in [0.717, 1.165) is 43.2 Å². The van der Waals surface area contributed by atoms with E-state index in [-0.39, 0.29) is 11.8 Å². The molecule has 114 valence electrons. The van der Waals surface area contributed by atoms with Gasteiger partial charge in [0.2, 0.25) is 0 Å². The zero-order valence-electron chi connectivity index (χ0n) is 12.5. The SMILES string of the molecule is CCc1ccccc1C(=O)NCC1CCC(C(=O)O)CC1. The highest BCUT2D eigenvalue weighted by molar-refractivity contribution is 5.95. The third kappa shape index (κ3) is 4.06. The first-order valence-electron chi connectivity index (χ1n) is 7.70. The van der Waals surface area contributed by atoms with Crippen molar-refractivity contribution in [1.82, 2.24) is 5.32 Å². The molecule has 0 bridgehead atoms. The second-order valence-corrected chi connectivity index (χ2v) is 5.78. The average Bonchev–Trinajstić information content (AvgIpc) is 2.52. The van der Waals surface area contributed by atoms with Gasteiger partial charge < -0.3 is 10.4 Å². The van der Waals surface area contributed by atoms with Gasteiger partial charge in [-0.15, -0.1) is 0 Å². The van der Waals surface area contributed by atoms with Crippen LogP contribution in [0.5, 0.6) is 0 Å². The first kappa shape index (κ1) is 15.5. The zero-order chi connectivity index (χ0) is 15.2. The number of nitrogens with one attached hydrogen (secondary N) is 1. The maximum absolute atomic E-state index is 12.2. The minimum atomic E-state index is -0.686. The Hall–Kier alpha value is -1.84. The van der Waals surface area contributed by atoms with E-state index in [4.69, 9.17) is 5.11 Å². The number of hydrogen-bond donors (Lipinski definition) is 2. The van der Waals surface area contributed by atoms with Crippen molar-refractivity contribution in [2.75, 3.05) is 6.54 Å². The number of hydrogen-bond acceptors (Lipinski definition) is 2. The van der Waals surface area contributed by atoms with Gasteiger partial charge in [0.05, 0.1) is 5.92 Å². The Balaban J connectivity index is 1.84. The summed E-state index contributed by atoms with van der Waals surface area (Å²) in [5.74, 6) is -0.502. The van der Waals surface area contributed by atoms with Crippen LogP contribution in [0.25, 0.3) is 0 Å². The van der Waals surface area contributed by atoms with Crippen LogP contribution in [0, 0.1) is 11.8 Å². The second kappa shape index (κ2) is 7.25. The van der Waals surface area contributed by atoms with Crippen molar-refractivity contribution in [2.45, 2.75) is 39.0 Å². The predicted molar refractivity (Wildman–Crippen MR) is 81.2 cm³/mol. The number of carboxylic acid groups (broad SMARTS) is 1. The van der Waals surface area contributed by atoms with Crippen LogP contribution in [-0.4, -0.2) is 23.5 Å². The standard InChI is InChI=1S/C17H23NO3/c1-2-13-5-3-4-6-15(13)16(19)18-11-12-7-9-14(10-8-12)17(20)21/h3-6,12,14H,2,7-11H2,1H3,(H,18,19)(H,20,21). The van der Waals surface area contributed by atoms with Crippen LogP contribution in [-0.2, 0) is 11.2 Å². The van der Waals surface area contributed by atoms with Gasteiger partial charge in [-0.1, -0.05) is 25.1 Å². The fourth-order valence-corrected chi connectivity index (χ4v) is 3.00. The fourth-order valence-electron chi connectivity index (χ4n) is 3.00. The highest BCUT2D eigenvalue weighted by atomic mass is 16.4. The normalized spacial score (nSPS) is 21.8. The van der Waals surface area contributed by atoms with Crippen LogP contribution in [0.15, 0.2) is 24.3 Å². The Bertz CT molecular complexity index is 505. The molecule has 0 aromatic heterocycles. The Labute approximate surface area is 125 Å². The molecule has 0 heterocycles. The summed E-state index contributed by atoms with van der Waals surface area (Å²) in [6.45, 7) is 2.68. The quantitative estimate of drug-likeness (QED) is 0.876. The molecule has 0 saturated heterocycles. The van der Waals surface area contributed by atoms with Crippen molar-refractivity contribution in [3.63, 3.8) is 0 Å². The number of carboxylic acids is 1. The van der Waals surface area contributed by atoms with Gasteiger partial charge in [0, 0.05) is 12.1 Å². The Morgan fingerprint density at radius 3 is 2.48 bits per heavy atom. The minimum Gasteiger partial charge on any atom is -0.481 e. The summed E-state index contributed by atoms with van der Waals surface area (Å²) in [5.41, 5.74) is 1.81. The number of aryl methyl sites for hydroxylation is 1. The maximum Gasteiger partial charge on any atom is 0.306 e. The summed E-state index contributed by atoms with van der Waals surface area (Å²) in [5, 5.41) is 12.0. The molecule has 1 aromatic carbocycles. The van der Waals surface area contributed by atoms with Crippen LogP contribution < -0.4 is 5.32 Å². The molecule has 0 aliphatic heterocycles. The fraction of sp³-hybridized carbons (Fsp3) is 0.529. The zero-order valence-corrected chi connectivity index (χ0v) is 12.5. The van der Waals surface area contributed by atoms with Crippen molar-refractivity contribution in [3.05, 3.63) is 35.4 Å². The second-order valence-electron chi connectivity index (χ2n) is 5.78. The molecule has 2 N–H and O–H groups in total. The van der Waals surface area contributed by atoms with Gasteiger partial charge in [-0.2, -0.15) is 0 Å². The minimum absolute atomic E-state index is 0.0205. The molecular weight excluding hydrogens is 266 g/mol. The number of benzene rings is 1. The van der Waals surface area contributed by atoms with E-state index in [2.05, 4.69) is 5.32 Å². The Morgan fingerprint density at radius 1 is 1.19 bits per heavy atom. The number of aliphatic carboxylic acids is 1. The lowest BCUT2D eigenvalue weighted by atomic mass is 9.82. The smallest absolute Gasteiger partial charge is 0.306 e. The third-order valence-electron chi connectivity index (χ3n) is 4.39. The van der Waals surface area contributed by atoms with Gasteiger partial charge in [0.15, 0.2) is 0 Å². The highest BCUT2D eigenvalue weighted by Gasteiger charge is 2.26. The summed E-state index contributed by atoms with van der Waals surface area (Å²) in [6.07, 6.45) is 4.05. The highest BCUT2D eigenvalue weighted by Crippen LogP contribution is 2.28. The van der Waals surface area contributed by atoms with Crippen molar-refractivity contribution >= 4 is 11.9 Å². The van der Waals surface area contributed by atoms with Crippen LogP contribution in [0.1, 0.15) is 48.5 Å². The summed E-state index contributed by atoms with van der Waals surface area (Å²) in [6, 6.07) is 7.66. The van der Waals surface area contributed by atoms with Crippen molar-refractivity contribution in [3.8, 4) is 0 Å². The van der Waals surface area contributed by atoms with E-state index in [0.29, 0.717) is 12.5 Å². The molecule has 4 heteroatoms. The maximum atomic E-state index is 12.2. The number of rotatable bonds is 5. The van der Waals surface area contributed by atoms with Crippen molar-refractivity contribution in [1.29, 1.82) is 0 Å². The number of amides is 1. The molecule has 1 fully saturated rings. The molecule has 1 amide bonds. The van der Waals surface area contributed by atoms with Crippen LogP contribution in [0.4, 0.5) is 0 Å². The predicted octanol–water partition coefficient (Wildman–Crippen LogP) is 2.87. The summed E-state index contributed by atoms with van der Waals surface area (Å²) in [4.78, 5) is 23.1. The molecule has 1 aliphatic carbocycles. The third-order valence-corrected chi connectivity index (χ3v) is 4.39. The van der Waals surface area contributed by atoms with Crippen molar-refractivity contribution < 1.29 is 14.7 Å². The van der Waals surface area contributed by atoms with Crippen molar-refractivity contribution in [2.24, 2.45) is 11.8 Å². The molecule has 0 spiro atoms. The molecule has 2 rings (SSSR count). The number of carbonyl (C=O) groups is 2. The van der Waals surface area contributed by atoms with Crippen LogP contribution in [0.2, 0.25) is 0 Å². The van der Waals surface area contributed by atoms with E-state index in [1.165, 1.54) is 0 Å². The van der Waals surface area contributed by atoms with E-state index < -0.39 is 5.97 Å². The first-order chi connectivity index (χ1) is 10.1. The van der Waals surface area contributed by atoms with E-state index >= 15 is 0 Å². The Kier molecular flexibility index (Phi) is 5.37. The number of carbonyl (C=O) groups excluding carboxylic acids is 1. The molecule has 4 nitrogen and oxygen atoms in total. The first-order valence-corrected chi connectivity index (χ1v) is 7.70. The molecule has 1 aliphatic rings. The molecule has 0 atom stereocenters. The molecular formula is C17H23NO3. The molecule has 1 aromatic rings. The molecule has 0 radical (unpaired) electrons. The summed E-state index contributed by atoms with van der Waals surface area (Å²) < 4.78 is 0. The molecule has 0 unspecified atom stereocenters. The molecule has 1 saturated carbocycles. The van der Waals surface area contributed by atoms with Gasteiger partial charge >= 0.3 is 5.97 Å². The van der Waals surface area contributed by atoms with Gasteiger partial charge in [-0.3, -0.25) is 9.59 Å². The molecule has 21 heavy (non-hydrogen) atoms. The lowest BCUT2D eigenvalue weighted by Crippen LogP contribution is -2.32. The van der Waals surface area contributed by atoms with Gasteiger partial charge in [0.25, 0.3) is 5.91 Å². The van der Waals surface area contributed by atoms with Gasteiger partial charge in [-0.05, 0) is 49.7 Å². The van der Waals surface area contributed by atoms with Crippen LogP contribution >= 0.6 is 0 Å². The van der Waals surface area contributed by atoms with E-state index in [1.54, 1.807) is 0 Å². The summed E-state index contributed by atoms with van der Waals surface area (Å²) >= 11 is 0. The summed E-state index contributed by atoms with van der Waals surface area (Å²) in [7, 11) is 0. The topological polar surface area (TPSA) is 66.4 Å². The van der Waals surface area contributed by atoms with Gasteiger partial charge in [-0.25, -0.2) is 0 Å². The lowest BCUT2D eigenvalue weighted by Gasteiger charge is -2.26. The Morgan fingerprint density at radius 2 is 1.86 bits per heavy atom. The van der Waals surface area contributed by atoms with E-state index in [1.807, 2.05) is 31.2 Å². The monoisotopic (exact) mass is 289 g/mol. The van der Waals surface area contributed by atoms with E-state index in [9.17, 15) is 9.59 Å². The average molecular weight is 289 g/mol. The lowest BCUT2D eigenvalue weighted by molar-refractivity contribution is -0.143.